The van der Waals surface area contributed by atoms with Gasteiger partial charge in [0.25, 0.3) is 5.91 Å². The molecule has 10 nitrogen and oxygen atoms in total. The van der Waals surface area contributed by atoms with Crippen LogP contribution >= 0.6 is 27.5 Å². The lowest BCUT2D eigenvalue weighted by atomic mass is 9.70. The van der Waals surface area contributed by atoms with Gasteiger partial charge in [0.05, 0.1) is 47.3 Å². The zero-order chi connectivity index (χ0) is 36.2. The average Bonchev–Trinajstić information content (AvgIpc) is 3.72. The number of nitrogens with zero attached hydrogens (tertiary/aromatic N) is 2. The van der Waals surface area contributed by atoms with Gasteiger partial charge >= 0.3 is 5.97 Å². The molecular weight excluding hydrogens is 726 g/mol. The molecule has 5 rings (SSSR count). The highest BCUT2D eigenvalue weighted by Crippen LogP contribution is 2.61. The molecule has 1 unspecified atom stereocenters. The number of rotatable bonds is 16. The number of likely N-dealkylation sites (tertiary alicyclic amines) is 1. The molecule has 2 N–H and O–H groups in total. The Bertz CT molecular complexity index is 1590. The van der Waals surface area contributed by atoms with Crippen molar-refractivity contribution in [2.24, 2.45) is 17.8 Å². The van der Waals surface area contributed by atoms with Gasteiger partial charge in [0.1, 0.15) is 18.2 Å². The van der Waals surface area contributed by atoms with Gasteiger partial charge in [0.15, 0.2) is 0 Å². The van der Waals surface area contributed by atoms with Gasteiger partial charge in [-0.1, -0.05) is 102 Å². The van der Waals surface area contributed by atoms with Crippen LogP contribution in [0.15, 0.2) is 79.9 Å². The zero-order valence-electron chi connectivity index (χ0n) is 28.4. The first kappa shape index (κ1) is 37.7. The molecule has 12 heteroatoms. The number of carbonyl (C=O) groups is 4. The number of benzene rings is 2. The Morgan fingerprint density at radius 1 is 1.18 bits per heavy atom. The quantitative estimate of drug-likeness (QED) is 0.134. The van der Waals surface area contributed by atoms with Crippen LogP contribution in [-0.2, 0) is 28.7 Å². The predicted octanol–water partition coefficient (Wildman–Crippen LogP) is 5.38. The van der Waals surface area contributed by atoms with Crippen LogP contribution in [0.1, 0.15) is 51.1 Å². The zero-order valence-corrected chi connectivity index (χ0v) is 30.7. The van der Waals surface area contributed by atoms with Crippen LogP contribution < -0.4 is 10.2 Å². The maximum Gasteiger partial charge on any atom is 0.306 e. The largest absolute Gasteiger partial charge is 0.463 e. The van der Waals surface area contributed by atoms with Crippen molar-refractivity contribution in [3.63, 3.8) is 0 Å². The van der Waals surface area contributed by atoms with Crippen molar-refractivity contribution in [2.45, 2.75) is 74.2 Å². The van der Waals surface area contributed by atoms with Crippen LogP contribution in [-0.4, -0.2) is 82.1 Å². The van der Waals surface area contributed by atoms with Crippen LogP contribution in [0.25, 0.3) is 0 Å². The molecule has 3 heterocycles. The Balaban J connectivity index is 1.54. The van der Waals surface area contributed by atoms with E-state index in [1.807, 2.05) is 44.2 Å². The van der Waals surface area contributed by atoms with E-state index < -0.39 is 65.4 Å². The van der Waals surface area contributed by atoms with Crippen LogP contribution in [0.5, 0.6) is 0 Å². The summed E-state index contributed by atoms with van der Waals surface area (Å²) in [5, 5.41) is 14.1. The van der Waals surface area contributed by atoms with Crippen molar-refractivity contribution >= 4 is 56.9 Å². The molecule has 3 fully saturated rings. The van der Waals surface area contributed by atoms with Gasteiger partial charge in [0.2, 0.25) is 11.8 Å². The van der Waals surface area contributed by atoms with Crippen LogP contribution in [0, 0.1) is 17.8 Å². The number of nitrogens with one attached hydrogen (secondary N) is 1. The summed E-state index contributed by atoms with van der Waals surface area (Å²) >= 11 is 10.3. The van der Waals surface area contributed by atoms with E-state index in [9.17, 15) is 24.3 Å². The minimum atomic E-state index is -1.38. The fraction of sp³-hybridized carbons (Fsp3) is 0.474. The van der Waals surface area contributed by atoms with Crippen molar-refractivity contribution in [2.75, 3.05) is 24.7 Å². The number of esters is 1. The van der Waals surface area contributed by atoms with E-state index >= 15 is 0 Å². The predicted molar refractivity (Wildman–Crippen MR) is 195 cm³/mol. The summed E-state index contributed by atoms with van der Waals surface area (Å²) in [6.45, 7) is 11.0. The molecule has 0 radical (unpaired) electrons. The van der Waals surface area contributed by atoms with Gasteiger partial charge < -0.3 is 29.7 Å². The van der Waals surface area contributed by atoms with Crippen molar-refractivity contribution < 1.29 is 33.8 Å². The second kappa shape index (κ2) is 16.2. The molecule has 3 amide bonds. The van der Waals surface area contributed by atoms with Gasteiger partial charge in [-0.25, -0.2) is 0 Å². The van der Waals surface area contributed by atoms with Crippen molar-refractivity contribution in [3.8, 4) is 0 Å². The fourth-order valence-corrected chi connectivity index (χ4v) is 8.90. The Kier molecular flexibility index (Phi) is 12.2. The summed E-state index contributed by atoms with van der Waals surface area (Å²) in [4.78, 5) is 59.3. The van der Waals surface area contributed by atoms with Gasteiger partial charge in [-0.15, -0.1) is 13.2 Å². The number of allylic oxidation sites excluding steroid dienone is 1. The summed E-state index contributed by atoms with van der Waals surface area (Å²) < 4.78 is 12.3. The number of hydrogen-bond acceptors (Lipinski definition) is 7. The van der Waals surface area contributed by atoms with E-state index in [0.717, 1.165) is 5.56 Å². The molecule has 0 aliphatic carbocycles. The van der Waals surface area contributed by atoms with Crippen LogP contribution in [0.4, 0.5) is 5.69 Å². The minimum absolute atomic E-state index is 0.102. The Morgan fingerprint density at radius 3 is 2.52 bits per heavy atom. The number of ether oxygens (including phenoxy) is 2. The van der Waals surface area contributed by atoms with Crippen molar-refractivity contribution in [1.29, 1.82) is 0 Å². The van der Waals surface area contributed by atoms with Crippen molar-refractivity contribution in [3.05, 3.63) is 90.5 Å². The molecule has 3 aliphatic rings. The SMILES string of the molecule is C=CCCC(=O)OC[C@H](NC(=O)[C@@H]1[C@H]2O[C@@]3(CC2Br)[C@H](C(=O)N(CC=C)c2ccccc2Cl)N([C@@H](CO)[C@@H](C)CC)C(=O)[C@@H]13)c1ccccc1. The van der Waals surface area contributed by atoms with Gasteiger partial charge in [-0.3, -0.25) is 19.2 Å². The Morgan fingerprint density at radius 2 is 1.88 bits per heavy atom. The number of halogens is 2. The molecule has 3 aliphatic heterocycles. The van der Waals surface area contributed by atoms with Gasteiger partial charge in [-0.05, 0) is 36.5 Å². The fourth-order valence-electron chi connectivity index (χ4n) is 7.72. The lowest BCUT2D eigenvalue weighted by molar-refractivity contribution is -0.147. The van der Waals surface area contributed by atoms with E-state index in [0.29, 0.717) is 23.6 Å². The van der Waals surface area contributed by atoms with Gasteiger partial charge in [-0.2, -0.15) is 0 Å². The highest BCUT2D eigenvalue weighted by molar-refractivity contribution is 9.09. The summed E-state index contributed by atoms with van der Waals surface area (Å²) in [6.07, 6.45) is 4.03. The number of alkyl halides is 1. The first-order valence-corrected chi connectivity index (χ1v) is 18.4. The van der Waals surface area contributed by atoms with E-state index in [-0.39, 0.29) is 43.3 Å². The Labute approximate surface area is 306 Å². The third-order valence-electron chi connectivity index (χ3n) is 10.3. The second-order valence-corrected chi connectivity index (χ2v) is 14.8. The number of amides is 3. The first-order valence-electron chi connectivity index (χ1n) is 17.1. The number of para-hydroxylation sites is 1. The maximum atomic E-state index is 15.0. The molecule has 0 aromatic heterocycles. The number of aliphatic hydroxyl groups excluding tert-OH is 1. The average molecular weight is 771 g/mol. The first-order chi connectivity index (χ1) is 24.0. The lowest BCUT2D eigenvalue weighted by Gasteiger charge is -2.41. The molecule has 2 aromatic carbocycles. The molecule has 268 valence electrons. The molecule has 0 saturated carbocycles. The van der Waals surface area contributed by atoms with E-state index in [1.165, 1.54) is 9.80 Å². The molecule has 2 bridgehead atoms. The van der Waals surface area contributed by atoms with E-state index in [1.54, 1.807) is 36.4 Å². The van der Waals surface area contributed by atoms with E-state index in [2.05, 4.69) is 34.4 Å². The van der Waals surface area contributed by atoms with Crippen LogP contribution in [0.2, 0.25) is 5.02 Å². The van der Waals surface area contributed by atoms with Crippen molar-refractivity contribution in [1.82, 2.24) is 10.2 Å². The highest BCUT2D eigenvalue weighted by atomic mass is 79.9. The summed E-state index contributed by atoms with van der Waals surface area (Å²) in [7, 11) is 0. The summed E-state index contributed by atoms with van der Waals surface area (Å²) in [5.41, 5.74) is -0.215. The normalized spacial score (nSPS) is 26.9. The van der Waals surface area contributed by atoms with E-state index in [4.69, 9.17) is 21.1 Å². The lowest BCUT2D eigenvalue weighted by Crippen LogP contribution is -2.60. The topological polar surface area (TPSA) is 125 Å². The standard InChI is InChI=1S/C38H45BrClN3O7/c1-5-8-18-30(45)49-22-27(24-14-10-9-11-15-24)41-35(46)31-32-36(47)43(29(21-44)23(4)7-3)34(38(32)20-25(39)33(31)50-38)37(48)42(19-6-2)28-17-13-12-16-26(28)40/h5-6,9-17,23,25,27,29,31-34,44H,1-2,7-8,18-22H2,3-4H3,(H,41,46)/t23-,25?,27-,29-,31-,32+,33-,34-,38+/m0/s1. The molecular formula is C38H45BrClN3O7. The van der Waals surface area contributed by atoms with Gasteiger partial charge in [0, 0.05) is 17.8 Å². The maximum absolute atomic E-state index is 15.0. The monoisotopic (exact) mass is 769 g/mol. The second-order valence-electron chi connectivity index (χ2n) is 13.2. The number of anilines is 1. The molecule has 2 aromatic rings. The number of fused-ring (bicyclic) bond motifs is 1. The molecule has 50 heavy (non-hydrogen) atoms. The smallest absolute Gasteiger partial charge is 0.306 e. The van der Waals surface area contributed by atoms with Crippen LogP contribution in [0.3, 0.4) is 0 Å². The third-order valence-corrected chi connectivity index (χ3v) is 11.5. The molecule has 1 spiro atoms. The summed E-state index contributed by atoms with van der Waals surface area (Å²) in [5.74, 6) is -3.91. The number of hydrogen-bond donors (Lipinski definition) is 2. The number of aliphatic hydroxyl groups is 1. The third kappa shape index (κ3) is 7.02. The Hall–Kier alpha value is -3.51. The molecule has 3 saturated heterocycles. The number of carbonyl (C=O) groups excluding carboxylic acids is 4. The summed E-state index contributed by atoms with van der Waals surface area (Å²) in [6, 6.07) is 13.5. The molecule has 9 atom stereocenters. The minimum Gasteiger partial charge on any atom is -0.463 e. The highest BCUT2D eigenvalue weighted by Gasteiger charge is 2.77.